The van der Waals surface area contributed by atoms with Gasteiger partial charge in [0.15, 0.2) is 5.69 Å². The summed E-state index contributed by atoms with van der Waals surface area (Å²) in [5.74, 6) is 1.33. The SMILES string of the molecule is CC1CN(C(C)C)CC1Nc1ccc(C#N)nn1. The van der Waals surface area contributed by atoms with Gasteiger partial charge in [0, 0.05) is 25.2 Å². The molecule has 0 bridgehead atoms. The first kappa shape index (κ1) is 12.8. The van der Waals surface area contributed by atoms with Gasteiger partial charge in [-0.05, 0) is 31.9 Å². The van der Waals surface area contributed by atoms with E-state index in [0.29, 0.717) is 23.7 Å². The van der Waals surface area contributed by atoms with Crippen LogP contribution in [0.5, 0.6) is 0 Å². The van der Waals surface area contributed by atoms with Crippen molar-refractivity contribution in [3.05, 3.63) is 17.8 Å². The van der Waals surface area contributed by atoms with Crippen LogP contribution in [0, 0.1) is 17.2 Å². The zero-order valence-corrected chi connectivity index (χ0v) is 11.1. The van der Waals surface area contributed by atoms with E-state index >= 15 is 0 Å². The van der Waals surface area contributed by atoms with Gasteiger partial charge >= 0.3 is 0 Å². The van der Waals surface area contributed by atoms with Crippen LogP contribution < -0.4 is 5.32 Å². The van der Waals surface area contributed by atoms with Gasteiger partial charge in [0.1, 0.15) is 11.9 Å². The summed E-state index contributed by atoms with van der Waals surface area (Å²) >= 11 is 0. The van der Waals surface area contributed by atoms with E-state index in [-0.39, 0.29) is 0 Å². The predicted octanol–water partition coefficient (Wildman–Crippen LogP) is 1.49. The van der Waals surface area contributed by atoms with E-state index in [2.05, 4.69) is 41.2 Å². The van der Waals surface area contributed by atoms with Crippen molar-refractivity contribution in [2.45, 2.75) is 32.9 Å². The van der Waals surface area contributed by atoms with Crippen molar-refractivity contribution in [1.82, 2.24) is 15.1 Å². The first-order valence-electron chi connectivity index (χ1n) is 6.34. The Hall–Kier alpha value is -1.67. The lowest BCUT2D eigenvalue weighted by Gasteiger charge is -2.20. The lowest BCUT2D eigenvalue weighted by atomic mass is 10.1. The Kier molecular flexibility index (Phi) is 3.78. The van der Waals surface area contributed by atoms with E-state index in [9.17, 15) is 0 Å². The van der Waals surface area contributed by atoms with E-state index in [1.54, 1.807) is 6.07 Å². The summed E-state index contributed by atoms with van der Waals surface area (Å²) in [4.78, 5) is 2.46. The van der Waals surface area contributed by atoms with Crippen LogP contribution in [0.2, 0.25) is 0 Å². The fourth-order valence-electron chi connectivity index (χ4n) is 2.27. The number of rotatable bonds is 3. The largest absolute Gasteiger partial charge is 0.364 e. The molecular weight excluding hydrogens is 226 g/mol. The average Bonchev–Trinajstić information content (AvgIpc) is 2.72. The van der Waals surface area contributed by atoms with Gasteiger partial charge in [-0.1, -0.05) is 6.92 Å². The normalized spacial score (nSPS) is 24.2. The Balaban J connectivity index is 1.99. The minimum Gasteiger partial charge on any atom is -0.364 e. The molecule has 1 fully saturated rings. The van der Waals surface area contributed by atoms with E-state index in [1.165, 1.54) is 0 Å². The molecule has 5 heteroatoms. The molecule has 2 rings (SSSR count). The monoisotopic (exact) mass is 245 g/mol. The predicted molar refractivity (Wildman–Crippen MR) is 70.0 cm³/mol. The molecule has 1 aromatic rings. The highest BCUT2D eigenvalue weighted by Gasteiger charge is 2.30. The van der Waals surface area contributed by atoms with Crippen molar-refractivity contribution in [2.24, 2.45) is 5.92 Å². The van der Waals surface area contributed by atoms with Crippen LogP contribution >= 0.6 is 0 Å². The number of anilines is 1. The van der Waals surface area contributed by atoms with Crippen molar-refractivity contribution < 1.29 is 0 Å². The Morgan fingerprint density at radius 2 is 2.17 bits per heavy atom. The molecule has 1 aliphatic heterocycles. The second kappa shape index (κ2) is 5.32. The maximum absolute atomic E-state index is 8.67. The fraction of sp³-hybridized carbons (Fsp3) is 0.615. The molecule has 1 saturated heterocycles. The van der Waals surface area contributed by atoms with Gasteiger partial charge in [-0.15, -0.1) is 10.2 Å². The molecule has 0 aromatic carbocycles. The Labute approximate surface area is 108 Å². The zero-order valence-electron chi connectivity index (χ0n) is 11.1. The molecule has 0 amide bonds. The smallest absolute Gasteiger partial charge is 0.163 e. The van der Waals surface area contributed by atoms with E-state index in [1.807, 2.05) is 12.1 Å². The van der Waals surface area contributed by atoms with E-state index < -0.39 is 0 Å². The number of aromatic nitrogens is 2. The van der Waals surface area contributed by atoms with Gasteiger partial charge < -0.3 is 5.32 Å². The average molecular weight is 245 g/mol. The highest BCUT2D eigenvalue weighted by Crippen LogP contribution is 2.21. The van der Waals surface area contributed by atoms with Crippen molar-refractivity contribution >= 4 is 5.82 Å². The molecule has 0 radical (unpaired) electrons. The molecule has 5 nitrogen and oxygen atoms in total. The van der Waals surface area contributed by atoms with Gasteiger partial charge in [-0.25, -0.2) is 0 Å². The molecule has 2 heterocycles. The van der Waals surface area contributed by atoms with Crippen LogP contribution in [0.4, 0.5) is 5.82 Å². The standard InChI is InChI=1S/C13H19N5/c1-9(2)18-7-10(3)12(8-18)15-13-5-4-11(6-14)16-17-13/h4-5,9-10,12H,7-8H2,1-3H3,(H,15,17). The van der Waals surface area contributed by atoms with Gasteiger partial charge in [0.05, 0.1) is 0 Å². The van der Waals surface area contributed by atoms with Crippen molar-refractivity contribution in [2.75, 3.05) is 18.4 Å². The number of hydrogen-bond donors (Lipinski definition) is 1. The highest BCUT2D eigenvalue weighted by molar-refractivity contribution is 5.37. The number of nitriles is 1. The third kappa shape index (κ3) is 2.77. The molecule has 0 saturated carbocycles. The molecule has 1 aliphatic rings. The first-order chi connectivity index (χ1) is 8.60. The van der Waals surface area contributed by atoms with Crippen LogP contribution in [0.1, 0.15) is 26.5 Å². The van der Waals surface area contributed by atoms with Crippen LogP contribution in [-0.2, 0) is 0 Å². The van der Waals surface area contributed by atoms with Gasteiger partial charge in [0.25, 0.3) is 0 Å². The Morgan fingerprint density at radius 3 is 2.67 bits per heavy atom. The summed E-state index contributed by atoms with van der Waals surface area (Å²) in [6.07, 6.45) is 0. The molecule has 0 aliphatic carbocycles. The molecule has 1 N–H and O–H groups in total. The topological polar surface area (TPSA) is 64.8 Å². The van der Waals surface area contributed by atoms with Crippen LogP contribution in [0.25, 0.3) is 0 Å². The minimum absolute atomic E-state index is 0.351. The van der Waals surface area contributed by atoms with Crippen LogP contribution in [0.3, 0.4) is 0 Å². The number of nitrogens with zero attached hydrogens (tertiary/aromatic N) is 4. The second-order valence-corrected chi connectivity index (χ2v) is 5.19. The first-order valence-corrected chi connectivity index (χ1v) is 6.34. The summed E-state index contributed by atoms with van der Waals surface area (Å²) < 4.78 is 0. The number of hydrogen-bond acceptors (Lipinski definition) is 5. The maximum atomic E-state index is 8.67. The molecule has 96 valence electrons. The molecular formula is C13H19N5. The summed E-state index contributed by atoms with van der Waals surface area (Å²) in [6, 6.07) is 6.45. The van der Waals surface area contributed by atoms with Crippen LogP contribution in [0.15, 0.2) is 12.1 Å². The van der Waals surface area contributed by atoms with Gasteiger partial charge in [-0.3, -0.25) is 4.90 Å². The van der Waals surface area contributed by atoms with Gasteiger partial charge in [-0.2, -0.15) is 5.26 Å². The zero-order chi connectivity index (χ0) is 13.1. The van der Waals surface area contributed by atoms with E-state index in [4.69, 9.17) is 5.26 Å². The Morgan fingerprint density at radius 1 is 1.39 bits per heavy atom. The van der Waals surface area contributed by atoms with E-state index in [0.717, 1.165) is 18.9 Å². The third-order valence-corrected chi connectivity index (χ3v) is 3.48. The quantitative estimate of drug-likeness (QED) is 0.874. The Bertz CT molecular complexity index is 434. The summed E-state index contributed by atoms with van der Waals surface area (Å²) in [5, 5.41) is 19.9. The summed E-state index contributed by atoms with van der Waals surface area (Å²) in [6.45, 7) is 8.82. The maximum Gasteiger partial charge on any atom is 0.163 e. The van der Waals surface area contributed by atoms with Crippen molar-refractivity contribution in [3.8, 4) is 6.07 Å². The number of nitrogens with one attached hydrogen (secondary N) is 1. The fourth-order valence-corrected chi connectivity index (χ4v) is 2.27. The number of likely N-dealkylation sites (tertiary alicyclic amines) is 1. The molecule has 18 heavy (non-hydrogen) atoms. The second-order valence-electron chi connectivity index (χ2n) is 5.19. The molecule has 0 spiro atoms. The third-order valence-electron chi connectivity index (χ3n) is 3.48. The minimum atomic E-state index is 0.351. The van der Waals surface area contributed by atoms with Crippen molar-refractivity contribution in [1.29, 1.82) is 5.26 Å². The lowest BCUT2D eigenvalue weighted by molar-refractivity contribution is 0.267. The molecule has 2 unspecified atom stereocenters. The van der Waals surface area contributed by atoms with Crippen LogP contribution in [-0.4, -0.2) is 40.3 Å². The molecule has 1 aromatic heterocycles. The summed E-state index contributed by atoms with van der Waals surface area (Å²) in [7, 11) is 0. The van der Waals surface area contributed by atoms with Gasteiger partial charge in [0.2, 0.25) is 0 Å². The molecule has 2 atom stereocenters. The lowest BCUT2D eigenvalue weighted by Crippen LogP contribution is -2.31. The highest BCUT2D eigenvalue weighted by atomic mass is 15.2. The van der Waals surface area contributed by atoms with Crippen molar-refractivity contribution in [3.63, 3.8) is 0 Å². The summed E-state index contributed by atoms with van der Waals surface area (Å²) in [5.41, 5.74) is 0.351.